The van der Waals surface area contributed by atoms with Gasteiger partial charge in [-0.1, -0.05) is 6.08 Å². The Bertz CT molecular complexity index is 1030. The molecule has 0 bridgehead atoms. The van der Waals surface area contributed by atoms with Crippen LogP contribution in [-0.2, 0) is 11.1 Å². The van der Waals surface area contributed by atoms with Crippen molar-refractivity contribution in [2.75, 3.05) is 32.7 Å². The molecular formula is C23H33N9O. The molecule has 3 fully saturated rings. The molecule has 1 aromatic rings. The lowest BCUT2D eigenvalue weighted by atomic mass is 9.86. The molecule has 1 aromatic heterocycles. The first kappa shape index (κ1) is 20.9. The molecule has 0 spiro atoms. The summed E-state index contributed by atoms with van der Waals surface area (Å²) in [4.78, 5) is 25.9. The highest BCUT2D eigenvalue weighted by Crippen LogP contribution is 2.64. The highest BCUT2D eigenvalue weighted by Gasteiger charge is 2.69. The van der Waals surface area contributed by atoms with Crippen molar-refractivity contribution < 1.29 is 4.79 Å². The Hall–Kier alpha value is -2.72. The molecule has 5 heterocycles. The van der Waals surface area contributed by atoms with Crippen molar-refractivity contribution in [3.63, 3.8) is 0 Å². The van der Waals surface area contributed by atoms with Gasteiger partial charge in [0.25, 0.3) is 0 Å². The van der Waals surface area contributed by atoms with Gasteiger partial charge in [-0.2, -0.15) is 5.10 Å². The average molecular weight is 452 g/mol. The number of hydrogen-bond acceptors (Lipinski definition) is 7. The zero-order valence-corrected chi connectivity index (χ0v) is 19.3. The summed E-state index contributed by atoms with van der Waals surface area (Å²) < 4.78 is 2.08. The van der Waals surface area contributed by atoms with Crippen molar-refractivity contribution in [3.8, 4) is 0 Å². The zero-order valence-electron chi connectivity index (χ0n) is 19.3. The molecule has 1 aliphatic carbocycles. The van der Waals surface area contributed by atoms with Crippen LogP contribution in [0.2, 0.25) is 0 Å². The Morgan fingerprint density at radius 3 is 2.85 bits per heavy atom. The Morgan fingerprint density at radius 2 is 2.12 bits per heavy atom. The molecule has 3 atom stereocenters. The van der Waals surface area contributed by atoms with E-state index in [4.69, 9.17) is 15.8 Å². The zero-order chi connectivity index (χ0) is 22.8. The number of carbonyl (C=O) groups excluding carboxylic acids is 1. The number of carbonyl (C=O) groups is 1. The second-order valence-corrected chi connectivity index (χ2v) is 10.4. The summed E-state index contributed by atoms with van der Waals surface area (Å²) >= 11 is 0. The predicted octanol–water partition coefficient (Wildman–Crippen LogP) is 0.434. The summed E-state index contributed by atoms with van der Waals surface area (Å²) in [6.07, 6.45) is 12.0. The van der Waals surface area contributed by atoms with E-state index < -0.39 is 0 Å². The number of likely N-dealkylation sites (tertiary alicyclic amines) is 2. The Morgan fingerprint density at radius 1 is 1.33 bits per heavy atom. The van der Waals surface area contributed by atoms with Gasteiger partial charge in [-0.15, -0.1) is 0 Å². The topological polar surface area (TPSA) is 116 Å². The first-order valence-corrected chi connectivity index (χ1v) is 12.1. The van der Waals surface area contributed by atoms with E-state index in [9.17, 15) is 4.79 Å². The molecule has 1 saturated carbocycles. The molecule has 4 N–H and O–H groups in total. The van der Waals surface area contributed by atoms with Gasteiger partial charge < -0.3 is 21.3 Å². The Kier molecular flexibility index (Phi) is 4.67. The fourth-order valence-electron chi connectivity index (χ4n) is 6.18. The number of hydrogen-bond donors (Lipinski definition) is 3. The SMILES string of the molecule is CC(C)NC(=O)N1CCC(N2CC(CN)(n3cc(C45N=CN=C6NC=CC4C65)cn3)C2)CC1. The smallest absolute Gasteiger partial charge is 0.317 e. The van der Waals surface area contributed by atoms with Crippen LogP contribution in [0.15, 0.2) is 34.7 Å². The summed E-state index contributed by atoms with van der Waals surface area (Å²) in [6, 6.07) is 0.709. The predicted molar refractivity (Wildman–Crippen MR) is 126 cm³/mol. The summed E-state index contributed by atoms with van der Waals surface area (Å²) in [7, 11) is 0. The van der Waals surface area contributed by atoms with Crippen LogP contribution in [0.3, 0.4) is 0 Å². The number of piperidine rings is 1. The molecule has 0 aromatic carbocycles. The first-order valence-electron chi connectivity index (χ1n) is 12.1. The fourth-order valence-corrected chi connectivity index (χ4v) is 6.18. The average Bonchev–Trinajstić information content (AvgIpc) is 3.20. The minimum atomic E-state index is -0.266. The van der Waals surface area contributed by atoms with E-state index in [1.807, 2.05) is 31.1 Å². The standard InChI is InChI=1S/C23H33N9O/c1-15(2)29-21(33)30-7-4-17(5-8-30)31-12-22(11-24,13-31)32-10-16(9-28-32)23-18-3-6-25-20(19(18)23)26-14-27-23/h3,6,9-10,14-15,17-19H,4-5,7-8,11-13,24H2,1-2H3,(H,29,33)(H,25,26,27). The summed E-state index contributed by atoms with van der Waals surface area (Å²) in [5, 5.41) is 11.0. The van der Waals surface area contributed by atoms with Gasteiger partial charge in [0.2, 0.25) is 0 Å². The maximum atomic E-state index is 12.3. The second-order valence-electron chi connectivity index (χ2n) is 10.4. The highest BCUT2D eigenvalue weighted by molar-refractivity contribution is 5.99. The normalized spacial score (nSPS) is 32.1. The molecule has 33 heavy (non-hydrogen) atoms. The number of nitrogens with one attached hydrogen (secondary N) is 2. The van der Waals surface area contributed by atoms with E-state index in [-0.39, 0.29) is 29.1 Å². The van der Waals surface area contributed by atoms with Crippen LogP contribution in [0.4, 0.5) is 4.79 Å². The molecule has 3 unspecified atom stereocenters. The largest absolute Gasteiger partial charge is 0.350 e. The van der Waals surface area contributed by atoms with Crippen molar-refractivity contribution in [1.82, 2.24) is 30.2 Å². The van der Waals surface area contributed by atoms with Gasteiger partial charge in [0.15, 0.2) is 0 Å². The van der Waals surface area contributed by atoms with Crippen LogP contribution in [-0.4, -0.2) is 82.6 Å². The van der Waals surface area contributed by atoms with E-state index in [0.29, 0.717) is 18.5 Å². The Labute approximate surface area is 194 Å². The number of nitrogens with zero attached hydrogens (tertiary/aromatic N) is 6. The lowest BCUT2D eigenvalue weighted by molar-refractivity contribution is -0.0375. The van der Waals surface area contributed by atoms with E-state index in [2.05, 4.69) is 37.5 Å². The molecule has 176 valence electrons. The van der Waals surface area contributed by atoms with Gasteiger partial charge in [0.1, 0.15) is 23.3 Å². The van der Waals surface area contributed by atoms with Gasteiger partial charge in [-0.3, -0.25) is 14.6 Å². The fraction of sp³-hybridized carbons (Fsp3) is 0.652. The maximum absolute atomic E-state index is 12.3. The van der Waals surface area contributed by atoms with Gasteiger partial charge >= 0.3 is 6.03 Å². The third-order valence-electron chi connectivity index (χ3n) is 8.12. The summed E-state index contributed by atoms with van der Waals surface area (Å²) in [5.41, 5.74) is 7.00. The maximum Gasteiger partial charge on any atom is 0.317 e. The molecule has 6 rings (SSSR count). The quantitative estimate of drug-likeness (QED) is 0.601. The number of aromatic nitrogens is 2. The number of aliphatic imine (C=N–C) groups is 2. The van der Waals surface area contributed by atoms with E-state index >= 15 is 0 Å². The molecule has 0 radical (unpaired) electrons. The van der Waals surface area contributed by atoms with Crippen LogP contribution in [0.25, 0.3) is 0 Å². The van der Waals surface area contributed by atoms with Gasteiger partial charge in [-0.25, -0.2) is 9.79 Å². The minimum Gasteiger partial charge on any atom is -0.350 e. The number of fused-ring (bicyclic) bond motifs is 1. The van der Waals surface area contributed by atoms with Crippen LogP contribution >= 0.6 is 0 Å². The van der Waals surface area contributed by atoms with Crippen molar-refractivity contribution in [1.29, 1.82) is 0 Å². The number of rotatable bonds is 5. The van der Waals surface area contributed by atoms with E-state index in [1.54, 1.807) is 6.34 Å². The van der Waals surface area contributed by atoms with Crippen LogP contribution < -0.4 is 16.4 Å². The second kappa shape index (κ2) is 7.39. The van der Waals surface area contributed by atoms with Gasteiger partial charge in [-0.05, 0) is 32.9 Å². The van der Waals surface area contributed by atoms with Gasteiger partial charge in [0.05, 0.1) is 12.1 Å². The third-order valence-corrected chi connectivity index (χ3v) is 8.12. The van der Waals surface area contributed by atoms with E-state index in [1.165, 1.54) is 0 Å². The molecule has 10 heteroatoms. The molecule has 10 nitrogen and oxygen atoms in total. The lowest BCUT2D eigenvalue weighted by Crippen LogP contribution is -2.69. The minimum absolute atomic E-state index is 0.0519. The number of amides is 2. The van der Waals surface area contributed by atoms with Crippen LogP contribution in [0.1, 0.15) is 32.3 Å². The molecule has 2 amide bonds. The first-order chi connectivity index (χ1) is 16.0. The molecule has 2 saturated heterocycles. The third kappa shape index (κ3) is 3.07. The monoisotopic (exact) mass is 451 g/mol. The Balaban J connectivity index is 1.11. The summed E-state index contributed by atoms with van der Waals surface area (Å²) in [6.45, 7) is 7.93. The highest BCUT2D eigenvalue weighted by atomic mass is 16.2. The number of amidine groups is 1. The van der Waals surface area contributed by atoms with Crippen molar-refractivity contribution in [2.45, 2.75) is 49.9 Å². The van der Waals surface area contributed by atoms with Crippen LogP contribution in [0.5, 0.6) is 0 Å². The van der Waals surface area contributed by atoms with Crippen molar-refractivity contribution in [2.24, 2.45) is 27.6 Å². The molecule has 4 aliphatic heterocycles. The van der Waals surface area contributed by atoms with Crippen molar-refractivity contribution in [3.05, 3.63) is 30.2 Å². The molecular weight excluding hydrogens is 418 g/mol. The van der Waals surface area contributed by atoms with Crippen LogP contribution in [0, 0.1) is 11.8 Å². The van der Waals surface area contributed by atoms with Crippen molar-refractivity contribution >= 4 is 18.2 Å². The summed E-state index contributed by atoms with van der Waals surface area (Å²) in [5.74, 6) is 1.63. The number of urea groups is 1. The molecule has 5 aliphatic rings. The van der Waals surface area contributed by atoms with Gasteiger partial charge in [0, 0.05) is 62.5 Å². The lowest BCUT2D eigenvalue weighted by Gasteiger charge is -2.54. The van der Waals surface area contributed by atoms with E-state index in [0.717, 1.165) is 50.4 Å². The number of nitrogens with two attached hydrogens (primary N) is 1.